The molecule has 0 saturated heterocycles. The molecule has 6 nitrogen and oxygen atoms in total. The van der Waals surface area contributed by atoms with E-state index in [-0.39, 0.29) is 11.8 Å². The summed E-state index contributed by atoms with van der Waals surface area (Å²) in [5.41, 5.74) is 3.22. The number of amides is 2. The number of hydrogen-bond donors (Lipinski definition) is 2. The lowest BCUT2D eigenvalue weighted by molar-refractivity contribution is 0.101. The molecule has 0 atom stereocenters. The van der Waals surface area contributed by atoms with Crippen molar-refractivity contribution in [1.82, 2.24) is 0 Å². The van der Waals surface area contributed by atoms with Gasteiger partial charge in [-0.05, 0) is 55.0 Å². The summed E-state index contributed by atoms with van der Waals surface area (Å²) in [7, 11) is 1.59. The Bertz CT molecular complexity index is 1020. The lowest BCUT2D eigenvalue weighted by atomic mass is 10.1. The van der Waals surface area contributed by atoms with Crippen LogP contribution in [0.5, 0.6) is 5.75 Å². The van der Waals surface area contributed by atoms with Crippen molar-refractivity contribution in [3.8, 4) is 5.75 Å². The van der Waals surface area contributed by atoms with E-state index in [1.165, 1.54) is 0 Å². The molecule has 0 aromatic heterocycles. The van der Waals surface area contributed by atoms with Crippen LogP contribution in [0.25, 0.3) is 0 Å². The van der Waals surface area contributed by atoms with Crippen LogP contribution >= 0.6 is 0 Å². The number of carbonyl (C=O) groups excluding carboxylic acids is 2. The molecule has 2 amide bonds. The van der Waals surface area contributed by atoms with Crippen LogP contribution in [0.2, 0.25) is 0 Å². The quantitative estimate of drug-likeness (QED) is 0.541. The molecule has 0 saturated carbocycles. The maximum Gasteiger partial charge on any atom is 0.259 e. The maximum absolute atomic E-state index is 12.7. The summed E-state index contributed by atoms with van der Waals surface area (Å²) in [5, 5.41) is 5.71. The molecule has 0 fully saturated rings. The van der Waals surface area contributed by atoms with Gasteiger partial charge in [-0.15, -0.1) is 0 Å². The number of ether oxygens (including phenoxy) is 2. The smallest absolute Gasteiger partial charge is 0.259 e. The molecule has 2 N–H and O–H groups in total. The third kappa shape index (κ3) is 5.46. The Morgan fingerprint density at radius 3 is 1.87 bits per heavy atom. The first-order valence-electron chi connectivity index (χ1n) is 9.57. The van der Waals surface area contributed by atoms with Crippen LogP contribution in [0.1, 0.15) is 26.3 Å². The van der Waals surface area contributed by atoms with Crippen molar-refractivity contribution in [2.45, 2.75) is 6.92 Å². The zero-order valence-electron chi connectivity index (χ0n) is 17.0. The minimum absolute atomic E-state index is 0.174. The van der Waals surface area contributed by atoms with Crippen LogP contribution in [0.15, 0.2) is 72.8 Å². The largest absolute Gasteiger partial charge is 0.490 e. The Morgan fingerprint density at radius 2 is 1.27 bits per heavy atom. The Kier molecular flexibility index (Phi) is 7.19. The molecule has 0 aliphatic rings. The van der Waals surface area contributed by atoms with Crippen LogP contribution in [0, 0.1) is 6.92 Å². The van der Waals surface area contributed by atoms with E-state index in [0.717, 1.165) is 5.56 Å². The number of para-hydroxylation sites is 1. The van der Waals surface area contributed by atoms with Crippen molar-refractivity contribution in [3.63, 3.8) is 0 Å². The summed E-state index contributed by atoms with van der Waals surface area (Å²) in [6.45, 7) is 2.69. The molecule has 3 aromatic rings. The van der Waals surface area contributed by atoms with Crippen molar-refractivity contribution >= 4 is 23.2 Å². The lowest BCUT2D eigenvalue weighted by Gasteiger charge is -2.12. The molecule has 3 rings (SSSR count). The van der Waals surface area contributed by atoms with Gasteiger partial charge in [0.25, 0.3) is 11.8 Å². The first kappa shape index (κ1) is 21.1. The summed E-state index contributed by atoms with van der Waals surface area (Å²) in [6, 6.07) is 21.4. The van der Waals surface area contributed by atoms with Crippen LogP contribution < -0.4 is 15.4 Å². The SMILES string of the molecule is COCCOc1ccccc1C(=O)Nc1ccc(NC(=O)c2ccccc2C)cc1. The van der Waals surface area contributed by atoms with E-state index in [2.05, 4.69) is 10.6 Å². The average Bonchev–Trinajstić information content (AvgIpc) is 2.76. The van der Waals surface area contributed by atoms with E-state index in [9.17, 15) is 9.59 Å². The van der Waals surface area contributed by atoms with E-state index >= 15 is 0 Å². The number of methoxy groups -OCH3 is 1. The van der Waals surface area contributed by atoms with Crippen LogP contribution in [-0.2, 0) is 4.74 Å². The van der Waals surface area contributed by atoms with E-state index in [0.29, 0.717) is 41.5 Å². The molecule has 0 aliphatic carbocycles. The van der Waals surface area contributed by atoms with Gasteiger partial charge in [-0.25, -0.2) is 0 Å². The molecule has 0 heterocycles. The van der Waals surface area contributed by atoms with Crippen molar-refractivity contribution in [3.05, 3.63) is 89.5 Å². The minimum atomic E-state index is -0.278. The Morgan fingerprint density at radius 1 is 0.733 bits per heavy atom. The van der Waals surface area contributed by atoms with Crippen LogP contribution in [0.4, 0.5) is 11.4 Å². The predicted octanol–water partition coefficient (Wildman–Crippen LogP) is 4.52. The predicted molar refractivity (Wildman–Crippen MR) is 117 cm³/mol. The highest BCUT2D eigenvalue weighted by atomic mass is 16.5. The number of aryl methyl sites for hydroxylation is 1. The fourth-order valence-corrected chi connectivity index (χ4v) is 2.88. The van der Waals surface area contributed by atoms with Gasteiger partial charge in [-0.1, -0.05) is 30.3 Å². The highest BCUT2D eigenvalue weighted by molar-refractivity contribution is 6.07. The molecule has 0 bridgehead atoms. The number of nitrogens with one attached hydrogen (secondary N) is 2. The highest BCUT2D eigenvalue weighted by Crippen LogP contribution is 2.21. The number of carbonyl (C=O) groups is 2. The number of benzene rings is 3. The third-order valence-electron chi connectivity index (χ3n) is 4.47. The van der Waals surface area contributed by atoms with Gasteiger partial charge in [-0.2, -0.15) is 0 Å². The van der Waals surface area contributed by atoms with Crippen molar-refractivity contribution < 1.29 is 19.1 Å². The van der Waals surface area contributed by atoms with Crippen LogP contribution in [0.3, 0.4) is 0 Å². The molecule has 0 radical (unpaired) electrons. The Labute approximate surface area is 175 Å². The second-order valence-corrected chi connectivity index (χ2v) is 6.64. The van der Waals surface area contributed by atoms with E-state index < -0.39 is 0 Å². The lowest BCUT2D eigenvalue weighted by Crippen LogP contribution is -2.15. The summed E-state index contributed by atoms with van der Waals surface area (Å²) in [4.78, 5) is 25.1. The summed E-state index contributed by atoms with van der Waals surface area (Å²) < 4.78 is 10.6. The van der Waals surface area contributed by atoms with Gasteiger partial charge in [0.1, 0.15) is 12.4 Å². The van der Waals surface area contributed by atoms with E-state index in [1.54, 1.807) is 55.6 Å². The number of anilines is 2. The molecule has 6 heteroatoms. The standard InChI is InChI=1S/C24H24N2O4/c1-17-7-3-4-8-20(17)23(27)25-18-11-13-19(14-12-18)26-24(28)21-9-5-6-10-22(21)30-16-15-29-2/h3-14H,15-16H2,1-2H3,(H,25,27)(H,26,28). The second kappa shape index (κ2) is 10.2. The van der Waals surface area contributed by atoms with Gasteiger partial charge < -0.3 is 20.1 Å². The molecule has 0 aliphatic heterocycles. The van der Waals surface area contributed by atoms with Crippen molar-refractivity contribution in [2.75, 3.05) is 31.0 Å². The zero-order chi connectivity index (χ0) is 21.3. The topological polar surface area (TPSA) is 76.7 Å². The molecule has 154 valence electrons. The average molecular weight is 404 g/mol. The van der Waals surface area contributed by atoms with Gasteiger partial charge in [0.15, 0.2) is 0 Å². The Hall–Kier alpha value is -3.64. The molecule has 0 spiro atoms. The van der Waals surface area contributed by atoms with E-state index in [4.69, 9.17) is 9.47 Å². The molecule has 0 unspecified atom stereocenters. The normalized spacial score (nSPS) is 10.3. The highest BCUT2D eigenvalue weighted by Gasteiger charge is 2.13. The molecular weight excluding hydrogens is 380 g/mol. The minimum Gasteiger partial charge on any atom is -0.490 e. The van der Waals surface area contributed by atoms with Gasteiger partial charge in [0.05, 0.1) is 12.2 Å². The van der Waals surface area contributed by atoms with Crippen molar-refractivity contribution in [1.29, 1.82) is 0 Å². The first-order valence-corrected chi connectivity index (χ1v) is 9.57. The third-order valence-corrected chi connectivity index (χ3v) is 4.47. The van der Waals surface area contributed by atoms with Gasteiger partial charge in [-0.3, -0.25) is 9.59 Å². The zero-order valence-corrected chi connectivity index (χ0v) is 17.0. The number of hydrogen-bond acceptors (Lipinski definition) is 4. The monoisotopic (exact) mass is 404 g/mol. The molecule has 3 aromatic carbocycles. The Balaban J connectivity index is 1.64. The second-order valence-electron chi connectivity index (χ2n) is 6.64. The van der Waals surface area contributed by atoms with E-state index in [1.807, 2.05) is 31.2 Å². The summed E-state index contributed by atoms with van der Waals surface area (Å²) in [5.74, 6) is 0.0425. The summed E-state index contributed by atoms with van der Waals surface area (Å²) >= 11 is 0. The van der Waals surface area contributed by atoms with Crippen molar-refractivity contribution in [2.24, 2.45) is 0 Å². The molecule has 30 heavy (non-hydrogen) atoms. The maximum atomic E-state index is 12.7. The fraction of sp³-hybridized carbons (Fsp3) is 0.167. The van der Waals surface area contributed by atoms with Crippen LogP contribution in [-0.4, -0.2) is 32.1 Å². The van der Waals surface area contributed by atoms with Gasteiger partial charge in [0.2, 0.25) is 0 Å². The number of rotatable bonds is 8. The molecular formula is C24H24N2O4. The first-order chi connectivity index (χ1) is 14.6. The van der Waals surface area contributed by atoms with Gasteiger partial charge in [0, 0.05) is 24.0 Å². The van der Waals surface area contributed by atoms with Gasteiger partial charge >= 0.3 is 0 Å². The summed E-state index contributed by atoms with van der Waals surface area (Å²) in [6.07, 6.45) is 0. The fourth-order valence-electron chi connectivity index (χ4n) is 2.88.